The predicted molar refractivity (Wildman–Crippen MR) is 127 cm³/mol. The second-order valence-corrected chi connectivity index (χ2v) is 13.3. The van der Waals surface area contributed by atoms with Crippen molar-refractivity contribution in [2.24, 2.45) is 5.92 Å². The number of thiazole rings is 1. The Morgan fingerprint density at radius 2 is 1.69 bits per heavy atom. The first-order valence-corrected chi connectivity index (χ1v) is 14.2. The molecule has 0 aliphatic carbocycles. The van der Waals surface area contributed by atoms with Crippen molar-refractivity contribution in [2.45, 2.75) is 22.6 Å². The number of aromatic nitrogens is 1. The zero-order chi connectivity index (χ0) is 25.5. The lowest BCUT2D eigenvalue weighted by Crippen LogP contribution is -2.41. The van der Waals surface area contributed by atoms with Crippen molar-refractivity contribution in [1.82, 2.24) is 13.6 Å². The van der Waals surface area contributed by atoms with E-state index in [0.29, 0.717) is 21.4 Å². The van der Waals surface area contributed by atoms with E-state index in [2.05, 4.69) is 10.3 Å². The SMILES string of the molecule is CN(C)S(=O)(=O)c1ccc2nc(NC(=O)C3CCN(S(=O)(=O)c4ccc(F)c(F)c4)CC3)sc2c1. The molecule has 1 aliphatic heterocycles. The monoisotopic (exact) mass is 544 g/mol. The third kappa shape index (κ3) is 5.07. The number of halogens is 2. The molecular formula is C21H22F2N4O5S3. The van der Waals surface area contributed by atoms with E-state index < -0.39 is 37.6 Å². The Labute approximate surface area is 205 Å². The van der Waals surface area contributed by atoms with Gasteiger partial charge < -0.3 is 5.32 Å². The number of rotatable bonds is 6. The molecule has 2 heterocycles. The van der Waals surface area contributed by atoms with Gasteiger partial charge in [0, 0.05) is 33.1 Å². The molecule has 1 aliphatic rings. The molecular weight excluding hydrogens is 522 g/mol. The number of fused-ring (bicyclic) bond motifs is 1. The number of piperidine rings is 1. The molecule has 1 aromatic heterocycles. The summed E-state index contributed by atoms with van der Waals surface area (Å²) >= 11 is 1.14. The number of carbonyl (C=O) groups excluding carboxylic acids is 1. The zero-order valence-electron chi connectivity index (χ0n) is 18.7. The highest BCUT2D eigenvalue weighted by Gasteiger charge is 2.33. The van der Waals surface area contributed by atoms with Gasteiger partial charge in [-0.2, -0.15) is 4.31 Å². The maximum absolute atomic E-state index is 13.5. The molecule has 0 saturated carbocycles. The summed E-state index contributed by atoms with van der Waals surface area (Å²) in [7, 11) is -4.75. The van der Waals surface area contributed by atoms with Gasteiger partial charge in [-0.1, -0.05) is 11.3 Å². The summed E-state index contributed by atoms with van der Waals surface area (Å²) in [4.78, 5) is 16.9. The highest BCUT2D eigenvalue weighted by molar-refractivity contribution is 7.89. The molecule has 0 bridgehead atoms. The lowest BCUT2D eigenvalue weighted by atomic mass is 9.97. The number of carbonyl (C=O) groups is 1. The number of anilines is 1. The third-order valence-electron chi connectivity index (χ3n) is 5.72. The Morgan fingerprint density at radius 3 is 2.31 bits per heavy atom. The number of hydrogen-bond donors (Lipinski definition) is 1. The van der Waals surface area contributed by atoms with E-state index >= 15 is 0 Å². The minimum absolute atomic E-state index is 0.0466. The van der Waals surface area contributed by atoms with Gasteiger partial charge in [0.1, 0.15) is 0 Å². The van der Waals surface area contributed by atoms with E-state index in [0.717, 1.165) is 32.1 Å². The smallest absolute Gasteiger partial charge is 0.243 e. The average Bonchev–Trinajstić information content (AvgIpc) is 3.22. The molecule has 9 nitrogen and oxygen atoms in total. The van der Waals surface area contributed by atoms with Gasteiger partial charge in [-0.15, -0.1) is 0 Å². The Hall–Kier alpha value is -2.52. The lowest BCUT2D eigenvalue weighted by Gasteiger charge is -2.30. The van der Waals surface area contributed by atoms with Gasteiger partial charge in [0.2, 0.25) is 26.0 Å². The molecule has 14 heteroatoms. The Bertz CT molecular complexity index is 1500. The summed E-state index contributed by atoms with van der Waals surface area (Å²) in [6.07, 6.45) is 0.482. The van der Waals surface area contributed by atoms with Crippen molar-refractivity contribution >= 4 is 52.6 Å². The molecule has 3 aromatic rings. The quantitative estimate of drug-likeness (QED) is 0.510. The first-order valence-electron chi connectivity index (χ1n) is 10.5. The number of hydrogen-bond acceptors (Lipinski definition) is 7. The van der Waals surface area contributed by atoms with Crippen LogP contribution in [0.1, 0.15) is 12.8 Å². The summed E-state index contributed by atoms with van der Waals surface area (Å²) in [5.41, 5.74) is 0.537. The van der Waals surface area contributed by atoms with Gasteiger partial charge in [0.05, 0.1) is 20.0 Å². The fourth-order valence-corrected chi connectivity index (χ4v) is 7.08. The fraction of sp³-hybridized carbons (Fsp3) is 0.333. The molecule has 188 valence electrons. The minimum atomic E-state index is -4.02. The number of nitrogens with one attached hydrogen (secondary N) is 1. The standard InChI is InChI=1S/C21H22F2N4O5S3/c1-26(2)34(29,30)15-4-6-18-19(12-15)33-21(24-18)25-20(28)13-7-9-27(10-8-13)35(31,32)14-3-5-16(22)17(23)11-14/h3-6,11-13H,7-10H2,1-2H3,(H,24,25,28). The zero-order valence-corrected chi connectivity index (χ0v) is 21.2. The summed E-state index contributed by atoms with van der Waals surface area (Å²) in [6, 6.07) is 6.94. The van der Waals surface area contributed by atoms with Crippen LogP contribution in [0.4, 0.5) is 13.9 Å². The summed E-state index contributed by atoms with van der Waals surface area (Å²) in [5, 5.41) is 3.04. The molecule has 1 amide bonds. The van der Waals surface area contributed by atoms with E-state index in [1.807, 2.05) is 0 Å². The van der Waals surface area contributed by atoms with Gasteiger partial charge >= 0.3 is 0 Å². The molecule has 1 fully saturated rings. The van der Waals surface area contributed by atoms with Crippen LogP contribution in [0.3, 0.4) is 0 Å². The number of amides is 1. The van der Waals surface area contributed by atoms with E-state index in [-0.39, 0.29) is 41.6 Å². The molecule has 4 rings (SSSR count). The Kier molecular flexibility index (Phi) is 6.94. The summed E-state index contributed by atoms with van der Waals surface area (Å²) < 4.78 is 79.7. The Balaban J connectivity index is 1.42. The second kappa shape index (κ2) is 9.50. The van der Waals surface area contributed by atoms with Crippen LogP contribution in [-0.4, -0.2) is 63.5 Å². The van der Waals surface area contributed by atoms with Crippen LogP contribution in [0.5, 0.6) is 0 Å². The van der Waals surface area contributed by atoms with Gasteiger partial charge in [-0.25, -0.2) is 34.9 Å². The number of nitrogens with zero attached hydrogens (tertiary/aromatic N) is 3. The van der Waals surface area contributed by atoms with Crippen molar-refractivity contribution in [3.63, 3.8) is 0 Å². The molecule has 0 radical (unpaired) electrons. The first kappa shape index (κ1) is 25.6. The molecule has 0 atom stereocenters. The predicted octanol–water partition coefficient (Wildman–Crippen LogP) is 2.86. The highest BCUT2D eigenvalue weighted by Crippen LogP contribution is 2.30. The second-order valence-electron chi connectivity index (χ2n) is 8.18. The first-order chi connectivity index (χ1) is 16.4. The molecule has 2 aromatic carbocycles. The van der Waals surface area contributed by atoms with Gasteiger partial charge in [-0.05, 0) is 49.2 Å². The van der Waals surface area contributed by atoms with Crippen LogP contribution in [0.15, 0.2) is 46.2 Å². The Morgan fingerprint density at radius 1 is 1.03 bits per heavy atom. The van der Waals surface area contributed by atoms with Crippen LogP contribution < -0.4 is 5.32 Å². The molecule has 1 N–H and O–H groups in total. The van der Waals surface area contributed by atoms with Gasteiger partial charge in [0.15, 0.2) is 16.8 Å². The fourth-order valence-electron chi connectivity index (χ4n) is 3.68. The van der Waals surface area contributed by atoms with E-state index in [9.17, 15) is 30.4 Å². The molecule has 0 spiro atoms. The van der Waals surface area contributed by atoms with Gasteiger partial charge in [-0.3, -0.25) is 4.79 Å². The number of sulfonamides is 2. The summed E-state index contributed by atoms with van der Waals surface area (Å²) in [5.74, 6) is -3.18. The molecule has 1 saturated heterocycles. The largest absolute Gasteiger partial charge is 0.302 e. The van der Waals surface area contributed by atoms with Crippen molar-refractivity contribution in [3.8, 4) is 0 Å². The van der Waals surface area contributed by atoms with E-state index in [4.69, 9.17) is 0 Å². The molecule has 0 unspecified atom stereocenters. The average molecular weight is 545 g/mol. The number of benzene rings is 2. The maximum Gasteiger partial charge on any atom is 0.243 e. The van der Waals surface area contributed by atoms with Crippen LogP contribution in [0, 0.1) is 17.6 Å². The normalized spacial score (nSPS) is 16.1. The molecule has 35 heavy (non-hydrogen) atoms. The van der Waals surface area contributed by atoms with Gasteiger partial charge in [0.25, 0.3) is 0 Å². The van der Waals surface area contributed by atoms with Crippen LogP contribution in [-0.2, 0) is 24.8 Å². The maximum atomic E-state index is 13.5. The van der Waals surface area contributed by atoms with Crippen molar-refractivity contribution in [2.75, 3.05) is 32.5 Å². The van der Waals surface area contributed by atoms with Crippen LogP contribution >= 0.6 is 11.3 Å². The van der Waals surface area contributed by atoms with E-state index in [1.54, 1.807) is 6.07 Å². The topological polar surface area (TPSA) is 117 Å². The minimum Gasteiger partial charge on any atom is -0.302 e. The highest BCUT2D eigenvalue weighted by atomic mass is 32.2. The van der Waals surface area contributed by atoms with Crippen LogP contribution in [0.25, 0.3) is 10.2 Å². The van der Waals surface area contributed by atoms with Crippen molar-refractivity contribution < 1.29 is 30.4 Å². The van der Waals surface area contributed by atoms with E-state index in [1.165, 1.54) is 26.2 Å². The van der Waals surface area contributed by atoms with Crippen LogP contribution in [0.2, 0.25) is 0 Å². The third-order valence-corrected chi connectivity index (χ3v) is 10.4. The van der Waals surface area contributed by atoms with Crippen molar-refractivity contribution in [3.05, 3.63) is 48.0 Å². The lowest BCUT2D eigenvalue weighted by molar-refractivity contribution is -0.120. The summed E-state index contributed by atoms with van der Waals surface area (Å²) in [6.45, 7) is 0.0933. The van der Waals surface area contributed by atoms with Crippen molar-refractivity contribution in [1.29, 1.82) is 0 Å².